The fraction of sp³-hybridized carbons (Fsp3) is 0.0588. The van der Waals surface area contributed by atoms with Crippen molar-refractivity contribution in [3.8, 4) is 11.3 Å². The summed E-state index contributed by atoms with van der Waals surface area (Å²) in [6.45, 7) is 1.60. The van der Waals surface area contributed by atoms with E-state index in [2.05, 4.69) is 15.3 Å². The molecule has 7 nitrogen and oxygen atoms in total. The summed E-state index contributed by atoms with van der Waals surface area (Å²) in [5.74, 6) is -0.410. The number of hydrogen-bond acceptors (Lipinski definition) is 6. The van der Waals surface area contributed by atoms with E-state index < -0.39 is 5.97 Å². The Morgan fingerprint density at radius 1 is 1.24 bits per heavy atom. The Kier molecular flexibility index (Phi) is 4.76. The molecule has 2 heterocycles. The van der Waals surface area contributed by atoms with Gasteiger partial charge in [-0.25, -0.2) is 4.79 Å². The smallest absolute Gasteiger partial charge is 0.371 e. The molecule has 25 heavy (non-hydrogen) atoms. The van der Waals surface area contributed by atoms with Crippen LogP contribution in [-0.4, -0.2) is 21.9 Å². The molecular weight excluding hydrogens is 344 g/mol. The van der Waals surface area contributed by atoms with Gasteiger partial charge in [0.2, 0.25) is 0 Å². The summed E-state index contributed by atoms with van der Waals surface area (Å²) in [6.07, 6.45) is 3.11. The molecule has 0 aliphatic heterocycles. The quantitative estimate of drug-likeness (QED) is 0.333. The van der Waals surface area contributed by atoms with Gasteiger partial charge in [0.05, 0.1) is 5.02 Å². The van der Waals surface area contributed by atoms with Gasteiger partial charge in [-0.05, 0) is 25.1 Å². The number of pyridine rings is 1. The SMILES string of the molecule is Cc1onc(-c2ccccc2Cl)c1C(=O)O/N=C(/N)c1ccncc1. The number of aryl methyl sites for hydroxylation is 1. The van der Waals surface area contributed by atoms with Crippen molar-refractivity contribution in [2.45, 2.75) is 6.92 Å². The maximum absolute atomic E-state index is 12.4. The van der Waals surface area contributed by atoms with Crippen molar-refractivity contribution in [3.05, 3.63) is 70.7 Å². The Hall–Kier alpha value is -3.19. The molecule has 0 saturated carbocycles. The molecular formula is C17H13ClN4O3. The van der Waals surface area contributed by atoms with E-state index in [0.29, 0.717) is 16.1 Å². The molecule has 0 aliphatic carbocycles. The minimum atomic E-state index is -0.745. The summed E-state index contributed by atoms with van der Waals surface area (Å²) in [6, 6.07) is 10.3. The zero-order chi connectivity index (χ0) is 17.8. The summed E-state index contributed by atoms with van der Waals surface area (Å²) in [5, 5.41) is 8.00. The molecule has 0 fully saturated rings. The fourth-order valence-electron chi connectivity index (χ4n) is 2.16. The van der Waals surface area contributed by atoms with Gasteiger partial charge >= 0.3 is 5.97 Å². The van der Waals surface area contributed by atoms with E-state index in [1.54, 1.807) is 55.7 Å². The normalized spacial score (nSPS) is 11.4. The number of carbonyl (C=O) groups is 1. The van der Waals surface area contributed by atoms with Gasteiger partial charge in [0, 0.05) is 23.5 Å². The van der Waals surface area contributed by atoms with Gasteiger partial charge in [0.1, 0.15) is 17.0 Å². The molecule has 0 atom stereocenters. The Bertz CT molecular complexity index is 938. The molecule has 3 aromatic rings. The Morgan fingerprint density at radius 3 is 2.68 bits per heavy atom. The average Bonchev–Trinajstić information content (AvgIpc) is 3.02. The Balaban J connectivity index is 1.89. The first-order chi connectivity index (χ1) is 12.1. The van der Waals surface area contributed by atoms with E-state index in [9.17, 15) is 4.79 Å². The largest absolute Gasteiger partial charge is 0.380 e. The number of nitrogens with zero attached hydrogens (tertiary/aromatic N) is 3. The van der Waals surface area contributed by atoms with Crippen molar-refractivity contribution >= 4 is 23.4 Å². The molecule has 3 rings (SSSR count). The van der Waals surface area contributed by atoms with Crippen molar-refractivity contribution < 1.29 is 14.2 Å². The van der Waals surface area contributed by atoms with Gasteiger partial charge in [0.15, 0.2) is 5.84 Å². The van der Waals surface area contributed by atoms with Gasteiger partial charge < -0.3 is 15.1 Å². The van der Waals surface area contributed by atoms with Crippen LogP contribution in [0.2, 0.25) is 5.02 Å². The zero-order valence-electron chi connectivity index (χ0n) is 13.1. The van der Waals surface area contributed by atoms with Crippen molar-refractivity contribution in [2.24, 2.45) is 10.9 Å². The molecule has 126 valence electrons. The monoisotopic (exact) mass is 356 g/mol. The molecule has 0 aliphatic rings. The van der Waals surface area contributed by atoms with Crippen LogP contribution in [0.25, 0.3) is 11.3 Å². The third kappa shape index (κ3) is 3.51. The summed E-state index contributed by atoms with van der Waals surface area (Å²) in [7, 11) is 0. The molecule has 2 aromatic heterocycles. The second kappa shape index (κ2) is 7.14. The van der Waals surface area contributed by atoms with Crippen LogP contribution in [-0.2, 0) is 4.84 Å². The van der Waals surface area contributed by atoms with Gasteiger partial charge in [0.25, 0.3) is 0 Å². The summed E-state index contributed by atoms with van der Waals surface area (Å²) in [4.78, 5) is 21.3. The van der Waals surface area contributed by atoms with Gasteiger partial charge in [-0.3, -0.25) is 4.98 Å². The third-order valence-electron chi connectivity index (χ3n) is 3.40. The van der Waals surface area contributed by atoms with Crippen molar-refractivity contribution in [1.82, 2.24) is 10.1 Å². The number of hydrogen-bond donors (Lipinski definition) is 1. The molecule has 0 radical (unpaired) electrons. The van der Waals surface area contributed by atoms with Crippen LogP contribution in [0.4, 0.5) is 0 Å². The lowest BCUT2D eigenvalue weighted by Gasteiger charge is -2.03. The van der Waals surface area contributed by atoms with Crippen LogP contribution in [0, 0.1) is 6.92 Å². The molecule has 0 bridgehead atoms. The Labute approximate surface area is 148 Å². The van der Waals surface area contributed by atoms with E-state index in [1.165, 1.54) is 0 Å². The number of nitrogens with two attached hydrogens (primary N) is 1. The molecule has 8 heteroatoms. The number of benzene rings is 1. The molecule has 2 N–H and O–H groups in total. The molecule has 1 aromatic carbocycles. The van der Waals surface area contributed by atoms with E-state index in [0.717, 1.165) is 0 Å². The van der Waals surface area contributed by atoms with E-state index >= 15 is 0 Å². The first kappa shape index (κ1) is 16.7. The highest BCUT2D eigenvalue weighted by Crippen LogP contribution is 2.31. The van der Waals surface area contributed by atoms with Crippen molar-refractivity contribution in [3.63, 3.8) is 0 Å². The number of oxime groups is 1. The predicted molar refractivity (Wildman–Crippen MR) is 92.1 cm³/mol. The van der Waals surface area contributed by atoms with Crippen LogP contribution >= 0.6 is 11.6 Å². The topological polar surface area (TPSA) is 104 Å². The summed E-state index contributed by atoms with van der Waals surface area (Å²) in [5.41, 5.74) is 7.35. The molecule has 0 amide bonds. The second-order valence-corrected chi connectivity index (χ2v) is 5.44. The lowest BCUT2D eigenvalue weighted by Crippen LogP contribution is -2.15. The van der Waals surface area contributed by atoms with Crippen molar-refractivity contribution in [1.29, 1.82) is 0 Å². The number of halogens is 1. The minimum Gasteiger partial charge on any atom is -0.380 e. The van der Waals surface area contributed by atoms with Gasteiger partial charge in [-0.1, -0.05) is 40.1 Å². The van der Waals surface area contributed by atoms with E-state index in [-0.39, 0.29) is 22.9 Å². The van der Waals surface area contributed by atoms with Crippen LogP contribution in [0.3, 0.4) is 0 Å². The first-order valence-electron chi connectivity index (χ1n) is 7.24. The number of rotatable bonds is 4. The van der Waals surface area contributed by atoms with E-state index in [1.807, 2.05) is 0 Å². The lowest BCUT2D eigenvalue weighted by atomic mass is 10.1. The average molecular weight is 357 g/mol. The molecule has 0 saturated heterocycles. The van der Waals surface area contributed by atoms with Crippen LogP contribution in [0.15, 0.2) is 58.5 Å². The first-order valence-corrected chi connectivity index (χ1v) is 7.62. The standard InChI is InChI=1S/C17H13ClN4O3/c1-10-14(15(21-24-10)12-4-2-3-5-13(12)18)17(23)25-22-16(19)11-6-8-20-9-7-11/h2-9H,1H3,(H2,19,22). The van der Waals surface area contributed by atoms with Gasteiger partial charge in [-0.2, -0.15) is 0 Å². The second-order valence-electron chi connectivity index (χ2n) is 5.03. The number of carbonyl (C=O) groups excluding carboxylic acids is 1. The van der Waals surface area contributed by atoms with Crippen LogP contribution in [0.1, 0.15) is 21.7 Å². The predicted octanol–water partition coefficient (Wildman–Crippen LogP) is 3.18. The maximum atomic E-state index is 12.4. The van der Waals surface area contributed by atoms with E-state index in [4.69, 9.17) is 26.7 Å². The highest BCUT2D eigenvalue weighted by atomic mass is 35.5. The fourth-order valence-corrected chi connectivity index (χ4v) is 2.39. The lowest BCUT2D eigenvalue weighted by molar-refractivity contribution is 0.0515. The van der Waals surface area contributed by atoms with Gasteiger partial charge in [-0.15, -0.1) is 0 Å². The highest BCUT2D eigenvalue weighted by Gasteiger charge is 2.24. The molecule has 0 unspecified atom stereocenters. The highest BCUT2D eigenvalue weighted by molar-refractivity contribution is 6.33. The number of aromatic nitrogens is 2. The summed E-state index contributed by atoms with van der Waals surface area (Å²) >= 11 is 6.16. The third-order valence-corrected chi connectivity index (χ3v) is 3.73. The zero-order valence-corrected chi connectivity index (χ0v) is 13.9. The molecule has 0 spiro atoms. The van der Waals surface area contributed by atoms with Crippen molar-refractivity contribution in [2.75, 3.05) is 0 Å². The van der Waals surface area contributed by atoms with Crippen LogP contribution < -0.4 is 5.73 Å². The Morgan fingerprint density at radius 2 is 1.96 bits per heavy atom. The number of amidine groups is 1. The minimum absolute atomic E-state index is 0.0455. The summed E-state index contributed by atoms with van der Waals surface area (Å²) < 4.78 is 5.12. The maximum Gasteiger partial charge on any atom is 0.371 e. The van der Waals surface area contributed by atoms with Crippen LogP contribution in [0.5, 0.6) is 0 Å².